The van der Waals surface area contributed by atoms with Gasteiger partial charge in [0.25, 0.3) is 11.5 Å². The summed E-state index contributed by atoms with van der Waals surface area (Å²) in [5, 5.41) is 17.9. The zero-order valence-electron chi connectivity index (χ0n) is 21.7. The number of benzene rings is 2. The number of nitrogens with one attached hydrogen (secondary N) is 3. The number of carbonyl (C=O) groups excluding carboxylic acids is 1. The molecule has 0 aliphatic heterocycles. The van der Waals surface area contributed by atoms with Gasteiger partial charge in [-0.1, -0.05) is 0 Å². The fourth-order valence-electron chi connectivity index (χ4n) is 4.28. The van der Waals surface area contributed by atoms with Crippen molar-refractivity contribution in [3.63, 3.8) is 0 Å². The predicted octanol–water partition coefficient (Wildman–Crippen LogP) is 3.62. The van der Waals surface area contributed by atoms with Crippen molar-refractivity contribution in [1.29, 1.82) is 5.41 Å². The summed E-state index contributed by atoms with van der Waals surface area (Å²) in [7, 11) is 1.63. The Morgan fingerprint density at radius 2 is 1.83 bits per heavy atom. The fraction of sp³-hybridized carbons (Fsp3) is 0.179. The average Bonchev–Trinajstić information content (AvgIpc) is 2.92. The van der Waals surface area contributed by atoms with E-state index in [0.717, 1.165) is 35.7 Å². The molecule has 0 spiro atoms. The SMILES string of the molecule is CO[C@H]1C[C@@H](NC(=N)c2c(Oc3ccc(NC(=O)c4ccnn(-c5ccc(F)cc5)c4=O)cc3F)ccnc2N)C1. The van der Waals surface area contributed by atoms with E-state index < -0.39 is 23.1 Å². The number of hydrogen-bond acceptors (Lipinski definition) is 8. The number of hydrogen-bond donors (Lipinski definition) is 4. The van der Waals surface area contributed by atoms with E-state index >= 15 is 4.39 Å². The van der Waals surface area contributed by atoms with Crippen molar-refractivity contribution in [2.24, 2.45) is 0 Å². The Morgan fingerprint density at radius 3 is 2.54 bits per heavy atom. The maximum Gasteiger partial charge on any atom is 0.284 e. The lowest BCUT2D eigenvalue weighted by Crippen LogP contribution is -2.47. The zero-order valence-corrected chi connectivity index (χ0v) is 21.7. The van der Waals surface area contributed by atoms with Gasteiger partial charge in [-0.2, -0.15) is 9.78 Å². The molecule has 0 atom stereocenters. The number of pyridine rings is 1. The van der Waals surface area contributed by atoms with Gasteiger partial charge in [0.05, 0.1) is 11.8 Å². The third-order valence-corrected chi connectivity index (χ3v) is 6.54. The summed E-state index contributed by atoms with van der Waals surface area (Å²) in [5.74, 6) is -2.15. The highest BCUT2D eigenvalue weighted by Gasteiger charge is 2.30. The molecule has 2 aromatic carbocycles. The van der Waals surface area contributed by atoms with Gasteiger partial charge in [0.1, 0.15) is 34.3 Å². The number of amides is 1. The number of aromatic nitrogens is 3. The van der Waals surface area contributed by atoms with E-state index in [9.17, 15) is 14.0 Å². The molecule has 0 bridgehead atoms. The number of ether oxygens (including phenoxy) is 2. The zero-order chi connectivity index (χ0) is 29.1. The first kappa shape index (κ1) is 27.4. The summed E-state index contributed by atoms with van der Waals surface area (Å²) in [4.78, 5) is 29.7. The number of amidine groups is 1. The molecule has 0 saturated heterocycles. The lowest BCUT2D eigenvalue weighted by Gasteiger charge is -2.35. The van der Waals surface area contributed by atoms with Crippen LogP contribution in [-0.2, 0) is 4.74 Å². The van der Waals surface area contributed by atoms with E-state index in [1.807, 2.05) is 0 Å². The number of methoxy groups -OCH3 is 1. The Bertz CT molecular complexity index is 1670. The number of anilines is 2. The Labute approximate surface area is 232 Å². The number of nitrogens with two attached hydrogens (primary N) is 1. The van der Waals surface area contributed by atoms with E-state index in [0.29, 0.717) is 0 Å². The van der Waals surface area contributed by atoms with Gasteiger partial charge in [-0.3, -0.25) is 15.0 Å². The smallest absolute Gasteiger partial charge is 0.284 e. The van der Waals surface area contributed by atoms with Crippen molar-refractivity contribution in [2.75, 3.05) is 18.2 Å². The molecular formula is C28H25F2N7O4. The fourth-order valence-corrected chi connectivity index (χ4v) is 4.28. The lowest BCUT2D eigenvalue weighted by molar-refractivity contribution is 0.0226. The van der Waals surface area contributed by atoms with E-state index in [1.165, 1.54) is 48.8 Å². The second-order valence-corrected chi connectivity index (χ2v) is 9.25. The summed E-state index contributed by atoms with van der Waals surface area (Å²) < 4.78 is 40.3. The topological polar surface area (TPSA) is 157 Å². The molecule has 1 amide bonds. The molecule has 0 radical (unpaired) electrons. The Kier molecular flexibility index (Phi) is 7.70. The first-order valence-electron chi connectivity index (χ1n) is 12.5. The second-order valence-electron chi connectivity index (χ2n) is 9.25. The normalized spacial score (nSPS) is 16.0. The molecular weight excluding hydrogens is 536 g/mol. The lowest BCUT2D eigenvalue weighted by atomic mass is 9.89. The number of carbonyl (C=O) groups is 1. The molecule has 210 valence electrons. The van der Waals surface area contributed by atoms with Crippen LogP contribution < -0.4 is 26.7 Å². The van der Waals surface area contributed by atoms with E-state index in [4.69, 9.17) is 20.6 Å². The van der Waals surface area contributed by atoms with Gasteiger partial charge in [-0.15, -0.1) is 0 Å². The minimum Gasteiger partial charge on any atom is -0.453 e. The molecule has 11 nitrogen and oxygen atoms in total. The van der Waals surface area contributed by atoms with E-state index in [2.05, 4.69) is 20.7 Å². The minimum atomic E-state index is -0.816. The summed E-state index contributed by atoms with van der Waals surface area (Å²) >= 11 is 0. The van der Waals surface area contributed by atoms with Crippen molar-refractivity contribution in [3.8, 4) is 17.2 Å². The predicted molar refractivity (Wildman–Crippen MR) is 147 cm³/mol. The van der Waals surface area contributed by atoms with Gasteiger partial charge in [-0.25, -0.2) is 13.8 Å². The molecule has 1 saturated carbocycles. The van der Waals surface area contributed by atoms with Crippen LogP contribution in [0.3, 0.4) is 0 Å². The van der Waals surface area contributed by atoms with Gasteiger partial charge >= 0.3 is 0 Å². The molecule has 1 fully saturated rings. The quantitative estimate of drug-likeness (QED) is 0.188. The Balaban J connectivity index is 1.31. The van der Waals surface area contributed by atoms with Gasteiger partial charge < -0.3 is 25.8 Å². The summed E-state index contributed by atoms with van der Waals surface area (Å²) in [5.41, 5.74) is 5.53. The molecule has 1 aliphatic carbocycles. The average molecular weight is 562 g/mol. The van der Waals surface area contributed by atoms with Crippen LogP contribution in [0.1, 0.15) is 28.8 Å². The van der Waals surface area contributed by atoms with Gasteiger partial charge in [0.2, 0.25) is 0 Å². The number of nitrogen functional groups attached to an aromatic ring is 1. The summed E-state index contributed by atoms with van der Waals surface area (Å²) in [6, 6.07) is 11.5. The first-order chi connectivity index (χ1) is 19.7. The van der Waals surface area contributed by atoms with Crippen molar-refractivity contribution < 1.29 is 23.0 Å². The highest BCUT2D eigenvalue weighted by atomic mass is 19.1. The van der Waals surface area contributed by atoms with Gasteiger partial charge in [-0.05, 0) is 55.3 Å². The molecule has 41 heavy (non-hydrogen) atoms. The second kappa shape index (κ2) is 11.5. The highest BCUT2D eigenvalue weighted by Crippen LogP contribution is 2.32. The maximum absolute atomic E-state index is 15.1. The largest absolute Gasteiger partial charge is 0.453 e. The molecule has 4 aromatic rings. The van der Waals surface area contributed by atoms with Crippen molar-refractivity contribution in [3.05, 3.63) is 100 Å². The molecule has 0 unspecified atom stereocenters. The Morgan fingerprint density at radius 1 is 1.07 bits per heavy atom. The van der Waals surface area contributed by atoms with Crippen LogP contribution in [0.4, 0.5) is 20.3 Å². The van der Waals surface area contributed by atoms with Crippen molar-refractivity contribution in [1.82, 2.24) is 20.1 Å². The van der Waals surface area contributed by atoms with Gasteiger partial charge in [0.15, 0.2) is 11.6 Å². The van der Waals surface area contributed by atoms with Crippen LogP contribution in [-0.4, -0.2) is 45.8 Å². The highest BCUT2D eigenvalue weighted by molar-refractivity contribution is 6.04. The molecule has 13 heteroatoms. The summed E-state index contributed by atoms with van der Waals surface area (Å²) in [6.07, 6.45) is 4.23. The molecule has 1 aliphatic rings. The number of halogens is 2. The molecule has 5 rings (SSSR count). The molecule has 2 heterocycles. The third-order valence-electron chi connectivity index (χ3n) is 6.54. The van der Waals surface area contributed by atoms with Gasteiger partial charge in [0, 0.05) is 43.4 Å². The first-order valence-corrected chi connectivity index (χ1v) is 12.5. The maximum atomic E-state index is 15.1. The van der Waals surface area contributed by atoms with Crippen molar-refractivity contribution >= 4 is 23.2 Å². The van der Waals surface area contributed by atoms with Crippen LogP contribution in [0.15, 0.2) is 71.8 Å². The summed E-state index contributed by atoms with van der Waals surface area (Å²) in [6.45, 7) is 0. The number of rotatable bonds is 8. The minimum absolute atomic E-state index is 0.0157. The number of nitrogens with zero attached hydrogens (tertiary/aromatic N) is 3. The third kappa shape index (κ3) is 5.89. The van der Waals surface area contributed by atoms with Crippen molar-refractivity contribution in [2.45, 2.75) is 25.0 Å². The van der Waals surface area contributed by atoms with Crippen LogP contribution in [0, 0.1) is 17.0 Å². The monoisotopic (exact) mass is 561 g/mol. The van der Waals surface area contributed by atoms with Crippen LogP contribution in [0.2, 0.25) is 0 Å². The molecule has 2 aromatic heterocycles. The Hall–Kier alpha value is -5.17. The van der Waals surface area contributed by atoms with Crippen LogP contribution in [0.5, 0.6) is 11.5 Å². The van der Waals surface area contributed by atoms with E-state index in [1.54, 1.807) is 7.11 Å². The molecule has 5 N–H and O–H groups in total. The standard InChI is InChI=1S/C28H25F2N7O4/c1-40-19-12-17(13-19)35-26(32)24-23(9-10-33-25(24)31)41-22-7-4-16(14-21(22)30)36-27(38)20-8-11-34-37(28(20)39)18-5-2-15(29)3-6-18/h2-11,14,17,19H,12-13H2,1H3,(H2,31,33)(H2,32,35)(H,36,38)/t17-,19+. The van der Waals surface area contributed by atoms with E-state index in [-0.39, 0.29) is 57.8 Å². The van der Waals surface area contributed by atoms with Crippen LogP contribution >= 0.6 is 0 Å². The van der Waals surface area contributed by atoms with Crippen LogP contribution in [0.25, 0.3) is 5.69 Å².